The van der Waals surface area contributed by atoms with Gasteiger partial charge >= 0.3 is 0 Å². The molecule has 10 heteroatoms. The van der Waals surface area contributed by atoms with E-state index in [0.717, 1.165) is 30.7 Å². The van der Waals surface area contributed by atoms with E-state index in [1.165, 1.54) is 18.4 Å². The number of aromatic nitrogens is 4. The van der Waals surface area contributed by atoms with Crippen LogP contribution in [-0.2, 0) is 27.8 Å². The molecule has 2 N–H and O–H groups in total. The molecule has 2 aromatic heterocycles. The molecule has 0 aliphatic heterocycles. The van der Waals surface area contributed by atoms with Gasteiger partial charge in [0.1, 0.15) is 11.6 Å². The fraction of sp³-hybridized carbons (Fsp3) is 0.421. The van der Waals surface area contributed by atoms with Gasteiger partial charge in [-0.15, -0.1) is 0 Å². The number of aryl methyl sites for hydroxylation is 2. The van der Waals surface area contributed by atoms with E-state index in [1.54, 1.807) is 30.5 Å². The molecule has 0 fully saturated rings. The number of sulfonamides is 1. The molecule has 0 spiro atoms. The maximum atomic E-state index is 12.4. The van der Waals surface area contributed by atoms with Crippen LogP contribution in [-0.4, -0.2) is 52.5 Å². The number of carbonyl (C=O) groups is 1. The first-order valence-electron chi connectivity index (χ1n) is 9.54. The first-order valence-corrected chi connectivity index (χ1v) is 11.0. The van der Waals surface area contributed by atoms with Gasteiger partial charge in [-0.3, -0.25) is 9.89 Å². The number of hydrogen-bond donors (Lipinski definition) is 2. The molecule has 1 amide bonds. The lowest BCUT2D eigenvalue weighted by Gasteiger charge is -2.11. The second-order valence-corrected chi connectivity index (χ2v) is 9.14. The van der Waals surface area contributed by atoms with Crippen LogP contribution in [0.1, 0.15) is 32.0 Å². The highest BCUT2D eigenvalue weighted by Crippen LogP contribution is 2.23. The topological polar surface area (TPSA) is 113 Å². The van der Waals surface area contributed by atoms with E-state index in [9.17, 15) is 13.2 Å². The Kier molecular flexibility index (Phi) is 6.33. The Bertz CT molecular complexity index is 1090. The van der Waals surface area contributed by atoms with Crippen molar-refractivity contribution >= 4 is 32.8 Å². The van der Waals surface area contributed by atoms with Crippen LogP contribution in [0.3, 0.4) is 0 Å². The Morgan fingerprint density at radius 2 is 2.07 bits per heavy atom. The Morgan fingerprint density at radius 3 is 2.72 bits per heavy atom. The van der Waals surface area contributed by atoms with Crippen molar-refractivity contribution in [1.29, 1.82) is 0 Å². The third kappa shape index (κ3) is 4.65. The van der Waals surface area contributed by atoms with E-state index >= 15 is 0 Å². The van der Waals surface area contributed by atoms with E-state index < -0.39 is 10.0 Å². The minimum absolute atomic E-state index is 0.140. The summed E-state index contributed by atoms with van der Waals surface area (Å²) in [5.74, 6) is 1.18. The van der Waals surface area contributed by atoms with Gasteiger partial charge in [0.15, 0.2) is 0 Å². The van der Waals surface area contributed by atoms with Crippen LogP contribution < -0.4 is 5.32 Å². The van der Waals surface area contributed by atoms with E-state index in [2.05, 4.69) is 32.0 Å². The van der Waals surface area contributed by atoms with Gasteiger partial charge in [0.2, 0.25) is 15.9 Å². The molecule has 2 heterocycles. The van der Waals surface area contributed by atoms with Crippen molar-refractivity contribution in [1.82, 2.24) is 24.1 Å². The summed E-state index contributed by atoms with van der Waals surface area (Å²) in [6.45, 7) is 2.88. The third-order valence-electron chi connectivity index (χ3n) is 4.66. The zero-order valence-electron chi connectivity index (χ0n) is 16.8. The van der Waals surface area contributed by atoms with E-state index in [-0.39, 0.29) is 17.2 Å². The van der Waals surface area contributed by atoms with Gasteiger partial charge in [-0.05, 0) is 24.6 Å². The fourth-order valence-corrected chi connectivity index (χ4v) is 3.97. The molecule has 0 atom stereocenters. The lowest BCUT2D eigenvalue weighted by Crippen LogP contribution is -2.22. The van der Waals surface area contributed by atoms with Crippen molar-refractivity contribution in [3.05, 3.63) is 36.3 Å². The van der Waals surface area contributed by atoms with Crippen molar-refractivity contribution in [3.8, 4) is 0 Å². The van der Waals surface area contributed by atoms with Gasteiger partial charge in [-0.2, -0.15) is 5.10 Å². The van der Waals surface area contributed by atoms with Crippen LogP contribution >= 0.6 is 0 Å². The SMILES string of the molecule is CCCCn1c(CCC(=O)Nc2ccn[nH]2)nc2cc(S(=O)(=O)N(C)C)ccc21. The third-order valence-corrected chi connectivity index (χ3v) is 6.47. The summed E-state index contributed by atoms with van der Waals surface area (Å²) in [4.78, 5) is 17.1. The standard InChI is InChI=1S/C19H26N6O3S/c1-4-5-12-25-16-7-6-14(29(27,28)24(2)3)13-15(16)21-18(25)8-9-19(26)22-17-10-11-20-23-17/h6-7,10-11,13H,4-5,8-9,12H2,1-3H3,(H2,20,22,23,26). The molecule has 0 bridgehead atoms. The molecular weight excluding hydrogens is 392 g/mol. The van der Waals surface area contributed by atoms with Crippen LogP contribution in [0, 0.1) is 0 Å². The molecule has 0 saturated heterocycles. The molecule has 0 saturated carbocycles. The second kappa shape index (κ2) is 8.75. The van der Waals surface area contributed by atoms with Crippen molar-refractivity contribution in [3.63, 3.8) is 0 Å². The predicted octanol–water partition coefficient (Wildman–Crippen LogP) is 2.38. The molecule has 0 aliphatic carbocycles. The monoisotopic (exact) mass is 418 g/mol. The normalized spacial score (nSPS) is 12.0. The first kappa shape index (κ1) is 21.0. The van der Waals surface area contributed by atoms with Crippen molar-refractivity contribution < 1.29 is 13.2 Å². The van der Waals surface area contributed by atoms with Crippen LogP contribution in [0.4, 0.5) is 5.82 Å². The maximum Gasteiger partial charge on any atom is 0.242 e. The van der Waals surface area contributed by atoms with Crippen molar-refractivity contribution in [2.45, 2.75) is 44.0 Å². The number of anilines is 1. The highest BCUT2D eigenvalue weighted by Gasteiger charge is 2.20. The summed E-state index contributed by atoms with van der Waals surface area (Å²) in [5, 5.41) is 9.25. The molecule has 1 aromatic carbocycles. The number of H-pyrrole nitrogens is 1. The Labute approximate surface area is 170 Å². The number of nitrogens with one attached hydrogen (secondary N) is 2. The van der Waals surface area contributed by atoms with Gasteiger partial charge in [-0.25, -0.2) is 17.7 Å². The minimum atomic E-state index is -3.53. The van der Waals surface area contributed by atoms with Crippen LogP contribution in [0.15, 0.2) is 35.4 Å². The molecule has 0 radical (unpaired) electrons. The largest absolute Gasteiger partial charge is 0.328 e. The number of carbonyl (C=O) groups excluding carboxylic acids is 1. The number of nitrogens with zero attached hydrogens (tertiary/aromatic N) is 4. The smallest absolute Gasteiger partial charge is 0.242 e. The number of unbranched alkanes of at least 4 members (excludes halogenated alkanes) is 1. The van der Waals surface area contributed by atoms with Crippen molar-refractivity contribution in [2.75, 3.05) is 19.4 Å². The number of aromatic amines is 1. The number of amides is 1. The van der Waals surface area contributed by atoms with Crippen LogP contribution in [0.2, 0.25) is 0 Å². The minimum Gasteiger partial charge on any atom is -0.328 e. The molecule has 0 unspecified atom stereocenters. The molecular formula is C19H26N6O3S. The Hall–Kier alpha value is -2.72. The van der Waals surface area contributed by atoms with Gasteiger partial charge in [-0.1, -0.05) is 13.3 Å². The molecule has 156 valence electrons. The van der Waals surface area contributed by atoms with Gasteiger partial charge in [0, 0.05) is 39.5 Å². The maximum absolute atomic E-state index is 12.4. The number of hydrogen-bond acceptors (Lipinski definition) is 5. The second-order valence-electron chi connectivity index (χ2n) is 6.99. The van der Waals surface area contributed by atoms with Crippen molar-refractivity contribution in [2.24, 2.45) is 0 Å². The number of rotatable bonds is 9. The van der Waals surface area contributed by atoms with Crippen LogP contribution in [0.5, 0.6) is 0 Å². The van der Waals surface area contributed by atoms with Gasteiger partial charge < -0.3 is 9.88 Å². The average Bonchev–Trinajstić information content (AvgIpc) is 3.31. The summed E-state index contributed by atoms with van der Waals surface area (Å²) in [6, 6.07) is 6.68. The lowest BCUT2D eigenvalue weighted by atomic mass is 10.2. The van der Waals surface area contributed by atoms with Gasteiger partial charge in [0.25, 0.3) is 0 Å². The summed E-state index contributed by atoms with van der Waals surface area (Å²) in [5.41, 5.74) is 1.49. The zero-order chi connectivity index (χ0) is 21.0. The summed E-state index contributed by atoms with van der Waals surface area (Å²) in [6.07, 6.45) is 4.27. The Balaban J connectivity index is 1.87. The summed E-state index contributed by atoms with van der Waals surface area (Å²) in [7, 11) is -0.527. The van der Waals surface area contributed by atoms with E-state index in [0.29, 0.717) is 17.8 Å². The van der Waals surface area contributed by atoms with Gasteiger partial charge in [0.05, 0.1) is 22.1 Å². The lowest BCUT2D eigenvalue weighted by molar-refractivity contribution is -0.116. The zero-order valence-corrected chi connectivity index (χ0v) is 17.7. The first-order chi connectivity index (χ1) is 13.8. The number of fused-ring (bicyclic) bond motifs is 1. The molecule has 29 heavy (non-hydrogen) atoms. The highest BCUT2D eigenvalue weighted by atomic mass is 32.2. The highest BCUT2D eigenvalue weighted by molar-refractivity contribution is 7.89. The molecule has 9 nitrogen and oxygen atoms in total. The number of imidazole rings is 1. The quantitative estimate of drug-likeness (QED) is 0.554. The van der Waals surface area contributed by atoms with Crippen LogP contribution in [0.25, 0.3) is 11.0 Å². The Morgan fingerprint density at radius 1 is 1.28 bits per heavy atom. The summed E-state index contributed by atoms with van der Waals surface area (Å²) >= 11 is 0. The summed E-state index contributed by atoms with van der Waals surface area (Å²) < 4.78 is 28.1. The van der Waals surface area contributed by atoms with E-state index in [4.69, 9.17) is 0 Å². The number of benzene rings is 1. The molecule has 0 aliphatic rings. The van der Waals surface area contributed by atoms with E-state index in [1.807, 2.05) is 0 Å². The fourth-order valence-electron chi connectivity index (χ4n) is 3.05. The predicted molar refractivity (Wildman–Crippen MR) is 111 cm³/mol. The molecule has 3 rings (SSSR count). The average molecular weight is 419 g/mol. The molecule has 3 aromatic rings.